The van der Waals surface area contributed by atoms with E-state index in [2.05, 4.69) is 16.9 Å². The minimum atomic E-state index is -0.318. The fourth-order valence-corrected chi connectivity index (χ4v) is 4.08. The maximum absolute atomic E-state index is 12.6. The highest BCUT2D eigenvalue weighted by Crippen LogP contribution is 2.34. The molecular weight excluding hydrogens is 474 g/mol. The number of ether oxygens (including phenoxy) is 1. The molecule has 0 aliphatic rings. The van der Waals surface area contributed by atoms with Gasteiger partial charge >= 0.3 is 0 Å². The number of nitrogens with one attached hydrogen (secondary N) is 1. The van der Waals surface area contributed by atoms with E-state index in [0.29, 0.717) is 23.1 Å². The molecule has 0 spiro atoms. The number of allylic oxidation sites excluding steroid dienone is 2. The van der Waals surface area contributed by atoms with E-state index in [1.165, 1.54) is 0 Å². The number of anilines is 1. The first-order chi connectivity index (χ1) is 17.0. The lowest BCUT2D eigenvalue weighted by molar-refractivity contribution is -0.121. The molecule has 0 aliphatic carbocycles. The van der Waals surface area contributed by atoms with Crippen LogP contribution in [-0.4, -0.2) is 66.1 Å². The molecule has 36 heavy (non-hydrogen) atoms. The second kappa shape index (κ2) is 16.1. The highest BCUT2D eigenvalue weighted by Gasteiger charge is 2.22. The van der Waals surface area contributed by atoms with Gasteiger partial charge in [0.2, 0.25) is 5.91 Å². The minimum absolute atomic E-state index is 0.0893. The molecule has 2 aromatic rings. The number of aromatic nitrogens is 2. The maximum Gasteiger partial charge on any atom is 0.239 e. The van der Waals surface area contributed by atoms with E-state index >= 15 is 0 Å². The second-order valence-electron chi connectivity index (χ2n) is 8.42. The summed E-state index contributed by atoms with van der Waals surface area (Å²) in [7, 11) is 3.50. The van der Waals surface area contributed by atoms with Gasteiger partial charge in [-0.2, -0.15) is 0 Å². The monoisotopic (exact) mass is 519 g/mol. The van der Waals surface area contributed by atoms with Crippen molar-refractivity contribution in [2.75, 3.05) is 38.8 Å². The Hall–Kier alpha value is -2.78. The van der Waals surface area contributed by atoms with Crippen LogP contribution in [0.3, 0.4) is 0 Å². The summed E-state index contributed by atoms with van der Waals surface area (Å²) in [5.41, 5.74) is 1.29. The average Bonchev–Trinajstić information content (AvgIpc) is 3.13. The van der Waals surface area contributed by atoms with E-state index < -0.39 is 0 Å². The van der Waals surface area contributed by atoms with Crippen molar-refractivity contribution < 1.29 is 14.6 Å². The Morgan fingerprint density at radius 1 is 1.22 bits per heavy atom. The Kier molecular flexibility index (Phi) is 14.8. The number of rotatable bonds is 9. The summed E-state index contributed by atoms with van der Waals surface area (Å²) in [6.45, 7) is 21.9. The normalized spacial score (nSPS) is 11.7. The number of likely N-dealkylation sites (N-methyl/N-ethyl adjacent to an activating group) is 1. The smallest absolute Gasteiger partial charge is 0.239 e. The second-order valence-corrected chi connectivity index (χ2v) is 9.62. The van der Waals surface area contributed by atoms with Gasteiger partial charge in [-0.1, -0.05) is 34.3 Å². The predicted octanol–water partition coefficient (Wildman–Crippen LogP) is 5.21. The van der Waals surface area contributed by atoms with Crippen LogP contribution in [0.2, 0.25) is 0 Å². The Morgan fingerprint density at radius 3 is 2.33 bits per heavy atom. The lowest BCUT2D eigenvalue weighted by Crippen LogP contribution is -2.45. The summed E-state index contributed by atoms with van der Waals surface area (Å²) in [6.07, 6.45) is 3.23. The van der Waals surface area contributed by atoms with Crippen LogP contribution in [0.25, 0.3) is 10.2 Å². The first-order valence-corrected chi connectivity index (χ1v) is 13.2. The van der Waals surface area contributed by atoms with Crippen molar-refractivity contribution in [3.63, 3.8) is 0 Å². The summed E-state index contributed by atoms with van der Waals surface area (Å²) in [5, 5.41) is 12.9. The van der Waals surface area contributed by atoms with E-state index in [-0.39, 0.29) is 31.2 Å². The van der Waals surface area contributed by atoms with Crippen molar-refractivity contribution in [2.45, 2.75) is 67.9 Å². The third-order valence-electron chi connectivity index (χ3n) is 4.58. The number of carbonyl (C=O) groups excluding carboxylic acids is 1. The topological polar surface area (TPSA) is 99.9 Å². The van der Waals surface area contributed by atoms with Crippen molar-refractivity contribution in [1.82, 2.24) is 15.3 Å². The van der Waals surface area contributed by atoms with Gasteiger partial charge in [0.1, 0.15) is 28.7 Å². The zero-order chi connectivity index (χ0) is 28.1. The van der Waals surface area contributed by atoms with Gasteiger partial charge in [0.05, 0.1) is 18.5 Å². The van der Waals surface area contributed by atoms with E-state index in [9.17, 15) is 4.79 Å². The van der Waals surface area contributed by atoms with Crippen molar-refractivity contribution in [2.24, 2.45) is 4.99 Å². The number of aliphatic hydroxyl groups is 1. The molecule has 2 rings (SSSR count). The molecule has 0 bridgehead atoms. The van der Waals surface area contributed by atoms with Crippen LogP contribution in [0, 0.1) is 13.8 Å². The molecule has 202 valence electrons. The number of hydrogen-bond donors (Lipinski definition) is 2. The van der Waals surface area contributed by atoms with Crippen LogP contribution in [0.1, 0.15) is 64.7 Å². The van der Waals surface area contributed by atoms with Crippen molar-refractivity contribution >= 4 is 39.0 Å². The average molecular weight is 520 g/mol. The first-order valence-electron chi connectivity index (χ1n) is 12.4. The molecule has 9 heteroatoms. The van der Waals surface area contributed by atoms with Gasteiger partial charge in [0.25, 0.3) is 0 Å². The van der Waals surface area contributed by atoms with E-state index in [0.717, 1.165) is 20.7 Å². The summed E-state index contributed by atoms with van der Waals surface area (Å²) in [4.78, 5) is 30.2. The number of hydrogen-bond acceptors (Lipinski definition) is 8. The molecule has 0 aromatic carbocycles. The molecule has 8 nitrogen and oxygen atoms in total. The number of amides is 1. The Labute approximate surface area is 221 Å². The van der Waals surface area contributed by atoms with Gasteiger partial charge in [-0.25, -0.2) is 9.97 Å². The van der Waals surface area contributed by atoms with Gasteiger partial charge in [0, 0.05) is 30.6 Å². The fourth-order valence-electron chi connectivity index (χ4n) is 3.05. The number of aryl methyl sites for hydroxylation is 2. The standard InChI is InChI=1S/C23H33N5O3S.2C2H6/c1-9-16(31-11-10-29)12-17(24-7)20-25-21(19-14(2)15(3)32-22(19)26-20)28(8)13-18(30)27-23(4,5)6;2*1-2/h9,12,29H,1,10-11,13H2,2-8H3,(H,27,30);2*1-2H3/b16-12+,24-17?;;. The van der Waals surface area contributed by atoms with Crippen molar-refractivity contribution in [3.05, 3.63) is 40.8 Å². The number of carbonyl (C=O) groups is 1. The first kappa shape index (κ1) is 33.2. The van der Waals surface area contributed by atoms with E-state index in [1.54, 1.807) is 30.5 Å². The molecule has 0 fully saturated rings. The lowest BCUT2D eigenvalue weighted by Gasteiger charge is -2.24. The largest absolute Gasteiger partial charge is 0.491 e. The van der Waals surface area contributed by atoms with Gasteiger partial charge in [-0.3, -0.25) is 9.79 Å². The highest BCUT2D eigenvalue weighted by atomic mass is 32.1. The number of thiophene rings is 1. The van der Waals surface area contributed by atoms with Gasteiger partial charge in [0.15, 0.2) is 5.82 Å². The number of aliphatic imine (C=N–C) groups is 1. The number of fused-ring (bicyclic) bond motifs is 1. The lowest BCUT2D eigenvalue weighted by atomic mass is 10.1. The summed E-state index contributed by atoms with van der Waals surface area (Å²) < 4.78 is 5.48. The molecule has 2 aromatic heterocycles. The quantitative estimate of drug-likeness (QED) is 0.268. The Bertz CT molecular complexity index is 1050. The highest BCUT2D eigenvalue weighted by molar-refractivity contribution is 7.18. The minimum Gasteiger partial charge on any atom is -0.491 e. The predicted molar refractivity (Wildman–Crippen MR) is 155 cm³/mol. The molecule has 1 amide bonds. The van der Waals surface area contributed by atoms with Crippen LogP contribution in [0.15, 0.2) is 29.5 Å². The molecule has 0 unspecified atom stereocenters. The van der Waals surface area contributed by atoms with Crippen molar-refractivity contribution in [1.29, 1.82) is 0 Å². The summed E-state index contributed by atoms with van der Waals surface area (Å²) >= 11 is 1.58. The van der Waals surface area contributed by atoms with Crippen molar-refractivity contribution in [3.8, 4) is 0 Å². The maximum atomic E-state index is 12.6. The molecule has 0 saturated heterocycles. The number of aliphatic hydroxyl groups excluding tert-OH is 1. The fraction of sp³-hybridized carbons (Fsp3) is 0.556. The zero-order valence-electron chi connectivity index (χ0n) is 23.9. The molecule has 2 heterocycles. The molecule has 0 radical (unpaired) electrons. The molecule has 0 aliphatic heterocycles. The third-order valence-corrected chi connectivity index (χ3v) is 5.68. The third kappa shape index (κ3) is 9.70. The summed E-state index contributed by atoms with van der Waals surface area (Å²) in [5.74, 6) is 1.46. The number of nitrogens with zero attached hydrogens (tertiary/aromatic N) is 4. The molecular formula is C27H45N5O3S. The Morgan fingerprint density at radius 2 is 1.83 bits per heavy atom. The van der Waals surface area contributed by atoms with Crippen LogP contribution in [0.5, 0.6) is 0 Å². The molecule has 0 saturated carbocycles. The summed E-state index contributed by atoms with van der Waals surface area (Å²) in [6, 6.07) is 0. The van der Waals surface area contributed by atoms with Gasteiger partial charge < -0.3 is 20.1 Å². The van der Waals surface area contributed by atoms with Gasteiger partial charge in [-0.15, -0.1) is 11.3 Å². The molecule has 0 atom stereocenters. The zero-order valence-corrected chi connectivity index (χ0v) is 24.8. The SMILES string of the molecule is C=C/C(=C\C(=NC)c1nc(N(C)CC(=O)NC(C)(C)C)c2c(C)c(C)sc2n1)OCCO.CC.CC. The van der Waals surface area contributed by atoms with E-state index in [4.69, 9.17) is 19.8 Å². The van der Waals surface area contributed by atoms with Crippen LogP contribution in [0.4, 0.5) is 5.82 Å². The molecule has 2 N–H and O–H groups in total. The van der Waals surface area contributed by atoms with Gasteiger partial charge in [-0.05, 0) is 46.3 Å². The van der Waals surface area contributed by atoms with Crippen LogP contribution in [-0.2, 0) is 9.53 Å². The van der Waals surface area contributed by atoms with E-state index in [1.807, 2.05) is 74.3 Å². The Balaban J connectivity index is 0.00000291. The van der Waals surface area contributed by atoms with Crippen LogP contribution >= 0.6 is 11.3 Å². The van der Waals surface area contributed by atoms with Crippen LogP contribution < -0.4 is 10.2 Å².